The highest BCUT2D eigenvalue weighted by atomic mass is 32.2. The Morgan fingerprint density at radius 2 is 1.92 bits per heavy atom. The normalized spacial score (nSPS) is 15.3. The third kappa shape index (κ3) is 3.98. The molecular weight excluding hydrogens is 320 g/mol. The standard InChI is InChI=1S/C18H24N4OS/c1-2-15-9-5-6-10-16(15)22-14-19-20-18(22)24-13-17(23)21-11-7-3-4-8-12-21/h5-6,9-10,14H,2-4,7-8,11-13H2,1H3. The first-order chi connectivity index (χ1) is 11.8. The molecule has 0 saturated carbocycles. The number of hydrogen-bond donors (Lipinski definition) is 0. The predicted molar refractivity (Wildman–Crippen MR) is 96.5 cm³/mol. The minimum atomic E-state index is 0.209. The monoisotopic (exact) mass is 344 g/mol. The van der Waals surface area contributed by atoms with Crippen molar-refractivity contribution in [2.45, 2.75) is 44.2 Å². The summed E-state index contributed by atoms with van der Waals surface area (Å²) in [6, 6.07) is 8.25. The summed E-state index contributed by atoms with van der Waals surface area (Å²) in [5, 5.41) is 9.03. The average molecular weight is 344 g/mol. The van der Waals surface area contributed by atoms with Crippen LogP contribution in [0.2, 0.25) is 0 Å². The molecule has 1 aromatic carbocycles. The zero-order chi connectivity index (χ0) is 16.8. The molecule has 0 spiro atoms. The van der Waals surface area contributed by atoms with Crippen LogP contribution in [0.15, 0.2) is 35.7 Å². The maximum absolute atomic E-state index is 12.5. The quantitative estimate of drug-likeness (QED) is 0.781. The number of hydrogen-bond acceptors (Lipinski definition) is 4. The summed E-state index contributed by atoms with van der Waals surface area (Å²) in [4.78, 5) is 14.5. The first-order valence-electron chi connectivity index (χ1n) is 8.68. The maximum Gasteiger partial charge on any atom is 0.233 e. The molecule has 2 aromatic rings. The number of carbonyl (C=O) groups is 1. The first kappa shape index (κ1) is 17.0. The van der Waals surface area contributed by atoms with Gasteiger partial charge in [-0.05, 0) is 30.9 Å². The van der Waals surface area contributed by atoms with E-state index in [1.54, 1.807) is 6.33 Å². The lowest BCUT2D eigenvalue weighted by Crippen LogP contribution is -2.33. The molecule has 0 bridgehead atoms. The van der Waals surface area contributed by atoms with E-state index in [0.717, 1.165) is 43.2 Å². The Hall–Kier alpha value is -1.82. The van der Waals surface area contributed by atoms with Gasteiger partial charge in [-0.1, -0.05) is 49.7 Å². The van der Waals surface area contributed by atoms with Gasteiger partial charge in [0.1, 0.15) is 6.33 Å². The van der Waals surface area contributed by atoms with Crippen molar-refractivity contribution < 1.29 is 4.79 Å². The first-order valence-corrected chi connectivity index (χ1v) is 9.67. The average Bonchev–Trinajstić information content (AvgIpc) is 2.91. The van der Waals surface area contributed by atoms with Crippen LogP contribution in [0, 0.1) is 0 Å². The Morgan fingerprint density at radius 3 is 2.67 bits per heavy atom. The van der Waals surface area contributed by atoms with E-state index in [4.69, 9.17) is 0 Å². The second-order valence-electron chi connectivity index (χ2n) is 6.05. The van der Waals surface area contributed by atoms with E-state index < -0.39 is 0 Å². The fraction of sp³-hybridized carbons (Fsp3) is 0.500. The highest BCUT2D eigenvalue weighted by Crippen LogP contribution is 2.23. The molecule has 1 fully saturated rings. The van der Waals surface area contributed by atoms with Gasteiger partial charge in [0.05, 0.1) is 11.4 Å². The van der Waals surface area contributed by atoms with Gasteiger partial charge in [-0.3, -0.25) is 9.36 Å². The van der Waals surface area contributed by atoms with E-state index in [-0.39, 0.29) is 5.91 Å². The van der Waals surface area contributed by atoms with Crippen molar-refractivity contribution in [3.8, 4) is 5.69 Å². The van der Waals surface area contributed by atoms with Crippen molar-refractivity contribution in [2.24, 2.45) is 0 Å². The van der Waals surface area contributed by atoms with E-state index in [0.29, 0.717) is 5.75 Å². The van der Waals surface area contributed by atoms with Crippen LogP contribution in [0.5, 0.6) is 0 Å². The number of benzene rings is 1. The minimum absolute atomic E-state index is 0.209. The summed E-state index contributed by atoms with van der Waals surface area (Å²) >= 11 is 1.47. The number of carbonyl (C=O) groups excluding carboxylic acids is 1. The molecule has 0 atom stereocenters. The molecular formula is C18H24N4OS. The number of nitrogens with zero attached hydrogens (tertiary/aromatic N) is 4. The summed E-state index contributed by atoms with van der Waals surface area (Å²) in [6.45, 7) is 3.92. The van der Waals surface area contributed by atoms with Crippen LogP contribution in [-0.2, 0) is 11.2 Å². The molecule has 0 N–H and O–H groups in total. The molecule has 1 aromatic heterocycles. The van der Waals surface area contributed by atoms with Gasteiger partial charge in [-0.15, -0.1) is 10.2 Å². The Morgan fingerprint density at radius 1 is 1.17 bits per heavy atom. The summed E-state index contributed by atoms with van der Waals surface area (Å²) in [5.74, 6) is 0.632. The Bertz CT molecular complexity index is 677. The van der Waals surface area contributed by atoms with Crippen molar-refractivity contribution in [3.63, 3.8) is 0 Å². The summed E-state index contributed by atoms with van der Waals surface area (Å²) in [5.41, 5.74) is 2.34. The van der Waals surface area contributed by atoms with Crippen molar-refractivity contribution in [3.05, 3.63) is 36.2 Å². The fourth-order valence-electron chi connectivity index (χ4n) is 3.07. The molecule has 24 heavy (non-hydrogen) atoms. The molecule has 128 valence electrons. The molecule has 0 radical (unpaired) electrons. The zero-order valence-electron chi connectivity index (χ0n) is 14.1. The van der Waals surface area contributed by atoms with Crippen LogP contribution in [0.1, 0.15) is 38.2 Å². The molecule has 1 amide bonds. The SMILES string of the molecule is CCc1ccccc1-n1cnnc1SCC(=O)N1CCCCCC1. The molecule has 2 heterocycles. The number of aryl methyl sites for hydroxylation is 1. The van der Waals surface area contributed by atoms with Gasteiger partial charge in [0.25, 0.3) is 0 Å². The van der Waals surface area contributed by atoms with E-state index in [1.165, 1.54) is 30.2 Å². The topological polar surface area (TPSA) is 51.0 Å². The molecule has 3 rings (SSSR count). The van der Waals surface area contributed by atoms with Crippen LogP contribution in [0.4, 0.5) is 0 Å². The lowest BCUT2D eigenvalue weighted by atomic mass is 10.1. The van der Waals surface area contributed by atoms with Crippen LogP contribution in [-0.4, -0.2) is 44.4 Å². The maximum atomic E-state index is 12.5. The number of rotatable bonds is 5. The molecule has 0 unspecified atom stereocenters. The van der Waals surface area contributed by atoms with Crippen LogP contribution < -0.4 is 0 Å². The number of para-hydroxylation sites is 1. The predicted octanol–water partition coefficient (Wildman–Crippen LogP) is 3.32. The Labute approximate surface area is 147 Å². The lowest BCUT2D eigenvalue weighted by molar-refractivity contribution is -0.128. The van der Waals surface area contributed by atoms with Crippen molar-refractivity contribution >= 4 is 17.7 Å². The van der Waals surface area contributed by atoms with Crippen LogP contribution >= 0.6 is 11.8 Å². The van der Waals surface area contributed by atoms with E-state index in [9.17, 15) is 4.79 Å². The van der Waals surface area contributed by atoms with Gasteiger partial charge in [-0.25, -0.2) is 0 Å². The smallest absolute Gasteiger partial charge is 0.233 e. The number of amides is 1. The minimum Gasteiger partial charge on any atom is -0.342 e. The fourth-order valence-corrected chi connectivity index (χ4v) is 3.90. The third-order valence-electron chi connectivity index (χ3n) is 4.43. The van der Waals surface area contributed by atoms with Gasteiger partial charge in [0.2, 0.25) is 5.91 Å². The number of likely N-dealkylation sites (tertiary alicyclic amines) is 1. The van der Waals surface area contributed by atoms with Gasteiger partial charge in [0, 0.05) is 13.1 Å². The second-order valence-corrected chi connectivity index (χ2v) is 6.99. The van der Waals surface area contributed by atoms with Crippen molar-refractivity contribution in [1.29, 1.82) is 0 Å². The zero-order valence-corrected chi connectivity index (χ0v) is 15.0. The molecule has 5 nitrogen and oxygen atoms in total. The van der Waals surface area contributed by atoms with Crippen molar-refractivity contribution in [1.82, 2.24) is 19.7 Å². The molecule has 1 aliphatic rings. The molecule has 6 heteroatoms. The summed E-state index contributed by atoms with van der Waals surface area (Å²) in [7, 11) is 0. The molecule has 1 aliphatic heterocycles. The van der Waals surface area contributed by atoms with Gasteiger partial charge in [0.15, 0.2) is 5.16 Å². The lowest BCUT2D eigenvalue weighted by Gasteiger charge is -2.20. The third-order valence-corrected chi connectivity index (χ3v) is 5.36. The van der Waals surface area contributed by atoms with E-state index >= 15 is 0 Å². The number of aromatic nitrogens is 3. The van der Waals surface area contributed by atoms with Gasteiger partial charge < -0.3 is 4.90 Å². The van der Waals surface area contributed by atoms with E-state index in [1.807, 2.05) is 21.6 Å². The van der Waals surface area contributed by atoms with Crippen LogP contribution in [0.25, 0.3) is 5.69 Å². The number of thioether (sulfide) groups is 1. The van der Waals surface area contributed by atoms with Gasteiger partial charge >= 0.3 is 0 Å². The van der Waals surface area contributed by atoms with E-state index in [2.05, 4.69) is 29.3 Å². The summed E-state index contributed by atoms with van der Waals surface area (Å²) in [6.07, 6.45) is 7.39. The largest absolute Gasteiger partial charge is 0.342 e. The van der Waals surface area contributed by atoms with Crippen molar-refractivity contribution in [2.75, 3.05) is 18.8 Å². The molecule has 0 aliphatic carbocycles. The Kier molecular flexibility index (Phi) is 5.91. The van der Waals surface area contributed by atoms with Gasteiger partial charge in [-0.2, -0.15) is 0 Å². The second kappa shape index (κ2) is 8.33. The molecule has 1 saturated heterocycles. The Balaban J connectivity index is 1.68. The highest BCUT2D eigenvalue weighted by molar-refractivity contribution is 7.99. The highest BCUT2D eigenvalue weighted by Gasteiger charge is 2.17. The summed E-state index contributed by atoms with van der Waals surface area (Å²) < 4.78 is 1.99. The van der Waals surface area contributed by atoms with Crippen LogP contribution in [0.3, 0.4) is 0 Å².